The molecule has 3 aromatic rings. The minimum atomic E-state index is -0.494. The van der Waals surface area contributed by atoms with E-state index in [1.165, 1.54) is 0 Å². The van der Waals surface area contributed by atoms with Crippen LogP contribution >= 0.6 is 11.3 Å². The van der Waals surface area contributed by atoms with Gasteiger partial charge >= 0.3 is 0 Å². The third-order valence-corrected chi connectivity index (χ3v) is 6.47. The summed E-state index contributed by atoms with van der Waals surface area (Å²) in [7, 11) is 1.66. The van der Waals surface area contributed by atoms with Crippen molar-refractivity contribution in [2.75, 3.05) is 13.7 Å². The molecule has 0 bridgehead atoms. The minimum Gasteiger partial charge on any atom is -0.497 e. The number of benzene rings is 2. The molecule has 138 valence electrons. The van der Waals surface area contributed by atoms with E-state index in [0.29, 0.717) is 6.54 Å². The molecule has 5 heteroatoms. The van der Waals surface area contributed by atoms with Crippen molar-refractivity contribution in [2.45, 2.75) is 26.3 Å². The molecule has 0 fully saturated rings. The highest BCUT2D eigenvalue weighted by Gasteiger charge is 2.41. The number of thiazole rings is 1. The highest BCUT2D eigenvalue weighted by atomic mass is 32.1. The second-order valence-corrected chi connectivity index (χ2v) is 8.35. The zero-order chi connectivity index (χ0) is 19.2. The summed E-state index contributed by atoms with van der Waals surface area (Å²) in [6.45, 7) is 6.80. The Kier molecular flexibility index (Phi) is 4.27. The Hall–Kier alpha value is -2.66. The van der Waals surface area contributed by atoms with Gasteiger partial charge in [-0.2, -0.15) is 0 Å². The number of carbonyl (C=O) groups excluding carboxylic acids is 1. The summed E-state index contributed by atoms with van der Waals surface area (Å²) in [5.41, 5.74) is 3.33. The van der Waals surface area contributed by atoms with Gasteiger partial charge in [-0.05, 0) is 50.1 Å². The third-order valence-electron chi connectivity index (χ3n) is 5.14. The van der Waals surface area contributed by atoms with E-state index in [1.54, 1.807) is 18.4 Å². The number of ether oxygens (including phenoxy) is 1. The van der Waals surface area contributed by atoms with Crippen molar-refractivity contribution < 1.29 is 9.53 Å². The van der Waals surface area contributed by atoms with Crippen LogP contribution in [0.15, 0.2) is 54.1 Å². The number of hydrogen-bond donors (Lipinski definition) is 0. The number of rotatable bonds is 4. The number of hydrogen-bond acceptors (Lipinski definition) is 4. The Morgan fingerprint density at radius 1 is 1.15 bits per heavy atom. The van der Waals surface area contributed by atoms with Gasteiger partial charge in [-0.3, -0.25) is 4.79 Å². The molecule has 2 heterocycles. The lowest BCUT2D eigenvalue weighted by atomic mass is 10.0. The van der Waals surface area contributed by atoms with Crippen molar-refractivity contribution in [1.82, 2.24) is 9.88 Å². The number of carbonyl (C=O) groups is 1. The first-order valence-electron chi connectivity index (χ1n) is 8.94. The number of amides is 1. The molecule has 4 rings (SSSR count). The van der Waals surface area contributed by atoms with Crippen LogP contribution < -0.4 is 4.74 Å². The summed E-state index contributed by atoms with van der Waals surface area (Å²) >= 11 is 1.62. The van der Waals surface area contributed by atoms with Crippen molar-refractivity contribution in [3.05, 3.63) is 64.7 Å². The monoisotopic (exact) mass is 378 g/mol. The van der Waals surface area contributed by atoms with Crippen LogP contribution in [-0.4, -0.2) is 29.4 Å². The van der Waals surface area contributed by atoms with Gasteiger partial charge in [-0.1, -0.05) is 30.3 Å². The molecule has 0 spiro atoms. The summed E-state index contributed by atoms with van der Waals surface area (Å²) in [5.74, 6) is 0.886. The van der Waals surface area contributed by atoms with E-state index in [1.807, 2.05) is 60.4 Å². The predicted octanol–water partition coefficient (Wildman–Crippen LogP) is 4.86. The van der Waals surface area contributed by atoms with Crippen molar-refractivity contribution in [1.29, 1.82) is 0 Å². The first-order valence-corrected chi connectivity index (χ1v) is 9.75. The minimum absolute atomic E-state index is 0.0699. The van der Waals surface area contributed by atoms with E-state index in [9.17, 15) is 4.79 Å². The van der Waals surface area contributed by atoms with Crippen LogP contribution in [0.4, 0.5) is 0 Å². The van der Waals surface area contributed by atoms with E-state index >= 15 is 0 Å². The Balaban J connectivity index is 1.70. The van der Waals surface area contributed by atoms with E-state index in [0.717, 1.165) is 37.7 Å². The fraction of sp³-hybridized carbons (Fsp3) is 0.273. The van der Waals surface area contributed by atoms with Crippen LogP contribution in [0, 0.1) is 0 Å². The molecule has 0 saturated carbocycles. The van der Waals surface area contributed by atoms with Crippen LogP contribution in [-0.2, 0) is 10.3 Å². The first kappa shape index (κ1) is 17.7. The van der Waals surface area contributed by atoms with Gasteiger partial charge in [0.2, 0.25) is 0 Å². The topological polar surface area (TPSA) is 42.4 Å². The van der Waals surface area contributed by atoms with E-state index < -0.39 is 5.54 Å². The summed E-state index contributed by atoms with van der Waals surface area (Å²) in [6.07, 6.45) is 0. The average molecular weight is 378 g/mol. The predicted molar refractivity (Wildman–Crippen MR) is 110 cm³/mol. The van der Waals surface area contributed by atoms with Crippen molar-refractivity contribution in [3.8, 4) is 5.75 Å². The Bertz CT molecular complexity index is 1050. The molecular weight excluding hydrogens is 356 g/mol. The molecule has 1 aliphatic heterocycles. The van der Waals surface area contributed by atoms with Gasteiger partial charge in [-0.15, -0.1) is 11.3 Å². The van der Waals surface area contributed by atoms with E-state index in [-0.39, 0.29) is 5.91 Å². The lowest BCUT2D eigenvalue weighted by Crippen LogP contribution is -2.43. The molecule has 0 atom stereocenters. The maximum atomic E-state index is 13.3. The highest BCUT2D eigenvalue weighted by molar-refractivity contribution is 7.18. The van der Waals surface area contributed by atoms with Gasteiger partial charge in [-0.25, -0.2) is 4.98 Å². The van der Waals surface area contributed by atoms with Gasteiger partial charge < -0.3 is 9.64 Å². The molecular formula is C22H22N2O2S. The molecule has 1 aliphatic rings. The summed E-state index contributed by atoms with van der Waals surface area (Å²) in [4.78, 5) is 20.0. The second kappa shape index (κ2) is 6.50. The summed E-state index contributed by atoms with van der Waals surface area (Å²) < 4.78 is 6.39. The molecule has 0 N–H and O–H groups in total. The Labute approximate surface area is 163 Å². The molecule has 0 radical (unpaired) electrons. The summed E-state index contributed by atoms with van der Waals surface area (Å²) in [6, 6.07) is 15.8. The fourth-order valence-electron chi connectivity index (χ4n) is 3.54. The van der Waals surface area contributed by atoms with Gasteiger partial charge in [0.05, 0.1) is 22.9 Å². The van der Waals surface area contributed by atoms with Gasteiger partial charge in [0.25, 0.3) is 5.91 Å². The third kappa shape index (κ3) is 2.92. The average Bonchev–Trinajstić information content (AvgIpc) is 3.23. The molecule has 1 amide bonds. The van der Waals surface area contributed by atoms with Gasteiger partial charge in [0.1, 0.15) is 10.8 Å². The van der Waals surface area contributed by atoms with Gasteiger partial charge in [0, 0.05) is 12.1 Å². The first-order chi connectivity index (χ1) is 12.9. The molecule has 1 aromatic heterocycles. The standard InChI is InChI=1S/C22H22N2O2S/c1-14-13-24(20(25)19(14)15-8-6-5-7-9-15)22(2,3)21-23-17-11-10-16(26-4)12-18(17)27-21/h5-12H,13H2,1-4H3. The molecule has 2 aromatic carbocycles. The molecule has 0 unspecified atom stereocenters. The summed E-state index contributed by atoms with van der Waals surface area (Å²) in [5, 5.41) is 0.932. The van der Waals surface area contributed by atoms with Crippen molar-refractivity contribution in [2.24, 2.45) is 0 Å². The molecule has 0 saturated heterocycles. The molecule has 27 heavy (non-hydrogen) atoms. The van der Waals surface area contributed by atoms with Crippen molar-refractivity contribution in [3.63, 3.8) is 0 Å². The van der Waals surface area contributed by atoms with Crippen LogP contribution in [0.1, 0.15) is 31.3 Å². The fourth-order valence-corrected chi connectivity index (χ4v) is 4.65. The van der Waals surface area contributed by atoms with Gasteiger partial charge in [0.15, 0.2) is 0 Å². The number of fused-ring (bicyclic) bond motifs is 1. The van der Waals surface area contributed by atoms with Crippen LogP contribution in [0.25, 0.3) is 15.8 Å². The van der Waals surface area contributed by atoms with E-state index in [4.69, 9.17) is 9.72 Å². The maximum absolute atomic E-state index is 13.3. The maximum Gasteiger partial charge on any atom is 0.255 e. The number of methoxy groups -OCH3 is 1. The smallest absolute Gasteiger partial charge is 0.255 e. The van der Waals surface area contributed by atoms with Crippen molar-refractivity contribution >= 4 is 33.0 Å². The highest BCUT2D eigenvalue weighted by Crippen LogP contribution is 2.40. The molecule has 0 aliphatic carbocycles. The zero-order valence-corrected chi connectivity index (χ0v) is 16.8. The number of nitrogens with zero attached hydrogens (tertiary/aromatic N) is 2. The largest absolute Gasteiger partial charge is 0.497 e. The Morgan fingerprint density at radius 2 is 1.89 bits per heavy atom. The van der Waals surface area contributed by atoms with Crippen LogP contribution in [0.3, 0.4) is 0 Å². The lowest BCUT2D eigenvalue weighted by molar-refractivity contribution is -0.128. The SMILES string of the molecule is COc1ccc2nc(C(C)(C)N3CC(C)=C(c4ccccc4)C3=O)sc2c1. The lowest BCUT2D eigenvalue weighted by Gasteiger charge is -2.34. The zero-order valence-electron chi connectivity index (χ0n) is 15.9. The number of aromatic nitrogens is 1. The Morgan fingerprint density at radius 3 is 2.59 bits per heavy atom. The van der Waals surface area contributed by atoms with Crippen LogP contribution in [0.2, 0.25) is 0 Å². The van der Waals surface area contributed by atoms with Crippen LogP contribution in [0.5, 0.6) is 5.75 Å². The normalized spacial score (nSPS) is 15.1. The van der Waals surface area contributed by atoms with E-state index in [2.05, 4.69) is 13.8 Å². The second-order valence-electron chi connectivity index (χ2n) is 7.32. The quantitative estimate of drug-likeness (QED) is 0.651. The molecule has 4 nitrogen and oxygen atoms in total.